The maximum absolute atomic E-state index is 12.5. The highest BCUT2D eigenvalue weighted by molar-refractivity contribution is 8.01. The monoisotopic (exact) mass is 488 g/mol. The van der Waals surface area contributed by atoms with Gasteiger partial charge in [0.05, 0.1) is 9.82 Å². The first-order valence-corrected chi connectivity index (χ1v) is 12.5. The van der Waals surface area contributed by atoms with Crippen LogP contribution in [0.15, 0.2) is 44.3 Å². The summed E-state index contributed by atoms with van der Waals surface area (Å²) in [6, 6.07) is 6.43. The number of aromatic nitrogens is 1. The number of fused-ring (bicyclic) bond motifs is 1. The molecule has 166 valence electrons. The average Bonchev–Trinajstić information content (AvgIpc) is 3.41. The summed E-state index contributed by atoms with van der Waals surface area (Å²) in [7, 11) is 0. The Morgan fingerprint density at radius 3 is 2.91 bits per heavy atom. The Hall–Kier alpha value is -2.76. The summed E-state index contributed by atoms with van der Waals surface area (Å²) < 4.78 is 0.702. The Bertz CT molecular complexity index is 1170. The normalized spacial score (nSPS) is 13.0. The fraction of sp³-hybridized carbons (Fsp3) is 0.286. The zero-order valence-corrected chi connectivity index (χ0v) is 19.6. The molecule has 1 aliphatic heterocycles. The summed E-state index contributed by atoms with van der Waals surface area (Å²) in [5.74, 6) is -0.458. The fourth-order valence-electron chi connectivity index (χ4n) is 3.37. The van der Waals surface area contributed by atoms with Crippen LogP contribution >= 0.6 is 34.4 Å². The van der Waals surface area contributed by atoms with Gasteiger partial charge in [-0.2, -0.15) is 0 Å². The molecule has 0 unspecified atom stereocenters. The van der Waals surface area contributed by atoms with Crippen molar-refractivity contribution in [2.24, 2.45) is 0 Å². The topological polar surface area (TPSA) is 105 Å². The van der Waals surface area contributed by atoms with E-state index in [1.807, 2.05) is 23.8 Å². The van der Waals surface area contributed by atoms with Crippen LogP contribution in [0.4, 0.5) is 5.69 Å². The average molecular weight is 489 g/mol. The molecule has 11 heteroatoms. The first kappa shape index (κ1) is 22.4. The van der Waals surface area contributed by atoms with Crippen LogP contribution in [-0.2, 0) is 17.8 Å². The van der Waals surface area contributed by atoms with Crippen molar-refractivity contribution in [3.8, 4) is 0 Å². The molecule has 3 aromatic rings. The van der Waals surface area contributed by atoms with Crippen molar-refractivity contribution < 1.29 is 14.5 Å². The number of thiazole rings is 1. The molecule has 3 heterocycles. The number of amides is 2. The molecule has 0 aliphatic carbocycles. The standard InChI is InChI=1S/C21H20N4O4S3/c1-13-12-31-21(23-13)32-18-3-2-14(10-16(18)25(28)29)20(27)22-7-4-19(26)24-8-5-17-15(11-24)6-9-30-17/h2-3,6,9-10,12H,4-5,7-8,11H2,1H3,(H,22,27). The van der Waals surface area contributed by atoms with Crippen molar-refractivity contribution in [3.63, 3.8) is 0 Å². The lowest BCUT2D eigenvalue weighted by molar-refractivity contribution is -0.387. The zero-order chi connectivity index (χ0) is 22.7. The van der Waals surface area contributed by atoms with E-state index in [9.17, 15) is 19.7 Å². The van der Waals surface area contributed by atoms with E-state index in [4.69, 9.17) is 0 Å². The number of carbonyl (C=O) groups excluding carboxylic acids is 2. The lowest BCUT2D eigenvalue weighted by atomic mass is 10.1. The minimum atomic E-state index is -0.502. The molecule has 0 saturated heterocycles. The number of nitrogens with one attached hydrogen (secondary N) is 1. The van der Waals surface area contributed by atoms with Crippen LogP contribution in [0.25, 0.3) is 0 Å². The third-order valence-corrected chi connectivity index (χ3v) is 8.14. The van der Waals surface area contributed by atoms with Crippen molar-refractivity contribution in [2.75, 3.05) is 13.1 Å². The molecule has 0 bridgehead atoms. The van der Waals surface area contributed by atoms with Crippen LogP contribution in [0.5, 0.6) is 0 Å². The number of aryl methyl sites for hydroxylation is 1. The molecule has 1 N–H and O–H groups in total. The van der Waals surface area contributed by atoms with Crippen LogP contribution in [0.3, 0.4) is 0 Å². The van der Waals surface area contributed by atoms with Crippen molar-refractivity contribution in [1.82, 2.24) is 15.2 Å². The number of rotatable bonds is 7. The number of nitrogens with zero attached hydrogens (tertiary/aromatic N) is 3. The lowest BCUT2D eigenvalue weighted by Gasteiger charge is -2.27. The maximum atomic E-state index is 12.5. The molecule has 8 nitrogen and oxygen atoms in total. The van der Waals surface area contributed by atoms with Crippen LogP contribution in [0.1, 0.15) is 32.9 Å². The van der Waals surface area contributed by atoms with Crippen LogP contribution in [0, 0.1) is 17.0 Å². The SMILES string of the molecule is Cc1csc(Sc2ccc(C(=O)NCCC(=O)N3CCc4sccc4C3)cc2[N+](=O)[O-])n1. The number of carbonyl (C=O) groups is 2. The van der Waals surface area contributed by atoms with E-state index in [0.29, 0.717) is 22.3 Å². The number of hydrogen-bond acceptors (Lipinski definition) is 8. The van der Waals surface area contributed by atoms with Crippen LogP contribution < -0.4 is 5.32 Å². The van der Waals surface area contributed by atoms with Gasteiger partial charge in [-0.05, 0) is 42.5 Å². The quantitative estimate of drug-likeness (QED) is 0.393. The predicted octanol–water partition coefficient (Wildman–Crippen LogP) is 4.28. The molecule has 1 aliphatic rings. The summed E-state index contributed by atoms with van der Waals surface area (Å²) in [4.78, 5) is 43.9. The molecule has 0 radical (unpaired) electrons. The van der Waals surface area contributed by atoms with Gasteiger partial charge in [0.15, 0.2) is 4.34 Å². The van der Waals surface area contributed by atoms with Gasteiger partial charge in [0, 0.05) is 53.6 Å². The summed E-state index contributed by atoms with van der Waals surface area (Å²) in [5.41, 5.74) is 2.08. The number of benzene rings is 1. The first-order valence-electron chi connectivity index (χ1n) is 9.90. The van der Waals surface area contributed by atoms with E-state index < -0.39 is 10.8 Å². The smallest absolute Gasteiger partial charge is 0.284 e. The van der Waals surface area contributed by atoms with Gasteiger partial charge in [-0.15, -0.1) is 22.7 Å². The van der Waals surface area contributed by atoms with E-state index in [0.717, 1.165) is 12.1 Å². The molecule has 4 rings (SSSR count). The molecule has 2 amide bonds. The zero-order valence-electron chi connectivity index (χ0n) is 17.2. The molecule has 0 spiro atoms. The molecule has 0 fully saturated rings. The predicted molar refractivity (Wildman–Crippen MR) is 124 cm³/mol. The van der Waals surface area contributed by atoms with Gasteiger partial charge in [0.1, 0.15) is 0 Å². The Morgan fingerprint density at radius 2 is 2.16 bits per heavy atom. The second-order valence-corrected chi connectivity index (χ2v) is 10.4. The highest BCUT2D eigenvalue weighted by Crippen LogP contribution is 2.36. The van der Waals surface area contributed by atoms with Crippen LogP contribution in [-0.4, -0.2) is 39.7 Å². The Morgan fingerprint density at radius 1 is 1.31 bits per heavy atom. The second-order valence-electron chi connectivity index (χ2n) is 7.24. The molecule has 2 aromatic heterocycles. The van der Waals surface area contributed by atoms with Gasteiger partial charge < -0.3 is 10.2 Å². The van der Waals surface area contributed by atoms with Gasteiger partial charge in [-0.1, -0.05) is 11.8 Å². The minimum absolute atomic E-state index is 0.0152. The van der Waals surface area contributed by atoms with Gasteiger partial charge in [-0.3, -0.25) is 19.7 Å². The molecule has 0 atom stereocenters. The molecular weight excluding hydrogens is 468 g/mol. The minimum Gasteiger partial charge on any atom is -0.352 e. The third kappa shape index (κ3) is 5.17. The lowest BCUT2D eigenvalue weighted by Crippen LogP contribution is -2.37. The summed E-state index contributed by atoms with van der Waals surface area (Å²) >= 11 is 4.33. The second kappa shape index (κ2) is 9.80. The molecule has 1 aromatic carbocycles. The van der Waals surface area contributed by atoms with Gasteiger partial charge in [-0.25, -0.2) is 4.98 Å². The first-order chi connectivity index (χ1) is 15.4. The van der Waals surface area contributed by atoms with E-state index in [1.165, 1.54) is 39.6 Å². The van der Waals surface area contributed by atoms with Crippen molar-refractivity contribution in [2.45, 2.75) is 35.5 Å². The maximum Gasteiger partial charge on any atom is 0.284 e. The largest absolute Gasteiger partial charge is 0.352 e. The number of nitro benzene ring substituents is 1. The van der Waals surface area contributed by atoms with Crippen LogP contribution in [0.2, 0.25) is 0 Å². The third-order valence-electron chi connectivity index (χ3n) is 5.00. The summed E-state index contributed by atoms with van der Waals surface area (Å²) in [5, 5.41) is 18.1. The van der Waals surface area contributed by atoms with Crippen molar-refractivity contribution in [1.29, 1.82) is 0 Å². The molecular formula is C21H20N4O4S3. The summed E-state index contributed by atoms with van der Waals surface area (Å²) in [6.45, 7) is 3.32. The van der Waals surface area contributed by atoms with Gasteiger partial charge in [0.2, 0.25) is 5.91 Å². The van der Waals surface area contributed by atoms with E-state index in [1.54, 1.807) is 28.4 Å². The molecule has 32 heavy (non-hydrogen) atoms. The highest BCUT2D eigenvalue weighted by Gasteiger charge is 2.22. The number of hydrogen-bond donors (Lipinski definition) is 1. The molecule has 0 saturated carbocycles. The van der Waals surface area contributed by atoms with Crippen molar-refractivity contribution in [3.05, 3.63) is 66.8 Å². The number of nitro groups is 1. The van der Waals surface area contributed by atoms with E-state index >= 15 is 0 Å². The van der Waals surface area contributed by atoms with Gasteiger partial charge in [0.25, 0.3) is 11.6 Å². The number of thiophene rings is 1. The van der Waals surface area contributed by atoms with Gasteiger partial charge >= 0.3 is 0 Å². The summed E-state index contributed by atoms with van der Waals surface area (Å²) in [6.07, 6.45) is 1.05. The Kier molecular flexibility index (Phi) is 6.87. The van der Waals surface area contributed by atoms with E-state index in [-0.39, 0.29) is 30.1 Å². The highest BCUT2D eigenvalue weighted by atomic mass is 32.2. The van der Waals surface area contributed by atoms with Crippen molar-refractivity contribution >= 4 is 51.9 Å². The Labute approximate surface area is 196 Å². The Balaban J connectivity index is 1.34. The fourth-order valence-corrected chi connectivity index (χ4v) is 6.13. The van der Waals surface area contributed by atoms with E-state index in [2.05, 4.69) is 10.3 Å².